The molecule has 7 heteroatoms. The van der Waals surface area contributed by atoms with Crippen molar-refractivity contribution < 1.29 is 47.6 Å². The van der Waals surface area contributed by atoms with E-state index in [-0.39, 0.29) is 42.0 Å². The summed E-state index contributed by atoms with van der Waals surface area (Å²) < 4.78 is 29.3. The Bertz CT molecular complexity index is 369. The first kappa shape index (κ1) is 22.4. The Hall–Kier alpha value is 0.120. The SMILES string of the molecule is C=CCCCCCCCCC([O-])=NCCS(=O)(=O)O.[Na+]. The van der Waals surface area contributed by atoms with Crippen LogP contribution < -0.4 is 34.7 Å². The van der Waals surface area contributed by atoms with Crippen LogP contribution in [-0.2, 0) is 10.1 Å². The third-order valence-corrected chi connectivity index (χ3v) is 3.38. The summed E-state index contributed by atoms with van der Waals surface area (Å²) in [5, 5.41) is 11.2. The van der Waals surface area contributed by atoms with E-state index >= 15 is 0 Å². The number of hydrogen-bond acceptors (Lipinski definition) is 4. The maximum absolute atomic E-state index is 11.2. The fourth-order valence-corrected chi connectivity index (χ4v) is 1.96. The first-order chi connectivity index (χ1) is 8.95. The standard InChI is InChI=1S/C13H25NO4S.Na/c1-2-3-4-5-6-7-8-9-10-13(15)14-11-12-19(16,17)18;/h2H,1,3-12H2,(H,14,15)(H,16,17,18);/q;+1/p-1. The van der Waals surface area contributed by atoms with Gasteiger partial charge in [0, 0.05) is 0 Å². The smallest absolute Gasteiger partial charge is 0.862 e. The molecule has 20 heavy (non-hydrogen) atoms. The van der Waals surface area contributed by atoms with E-state index in [0.717, 1.165) is 25.7 Å². The molecule has 0 saturated carbocycles. The van der Waals surface area contributed by atoms with Gasteiger partial charge in [-0.1, -0.05) is 31.8 Å². The van der Waals surface area contributed by atoms with E-state index in [1.807, 2.05) is 6.08 Å². The van der Waals surface area contributed by atoms with Crippen LogP contribution in [0.1, 0.15) is 51.4 Å². The summed E-state index contributed by atoms with van der Waals surface area (Å²) in [6.07, 6.45) is 9.77. The Morgan fingerprint density at radius 1 is 1.15 bits per heavy atom. The van der Waals surface area contributed by atoms with Crippen molar-refractivity contribution >= 4 is 16.0 Å². The number of allylic oxidation sites excluding steroid dienone is 1. The fourth-order valence-electron chi connectivity index (χ4n) is 1.64. The van der Waals surface area contributed by atoms with E-state index in [1.165, 1.54) is 19.3 Å². The number of unbranched alkanes of at least 4 members (excludes halogenated alkanes) is 6. The molecule has 0 heterocycles. The second-order valence-electron chi connectivity index (χ2n) is 4.51. The molecule has 0 rings (SSSR count). The van der Waals surface area contributed by atoms with Crippen molar-refractivity contribution in [3.8, 4) is 0 Å². The second kappa shape index (κ2) is 14.1. The summed E-state index contributed by atoms with van der Waals surface area (Å²) in [7, 11) is -4.01. The average molecular weight is 313 g/mol. The van der Waals surface area contributed by atoms with Crippen LogP contribution in [0.25, 0.3) is 0 Å². The van der Waals surface area contributed by atoms with Crippen LogP contribution in [0.4, 0.5) is 0 Å². The fraction of sp³-hybridized carbons (Fsp3) is 0.769. The Morgan fingerprint density at radius 2 is 1.70 bits per heavy atom. The van der Waals surface area contributed by atoms with Gasteiger partial charge in [0.2, 0.25) is 0 Å². The summed E-state index contributed by atoms with van der Waals surface area (Å²) in [5.41, 5.74) is 0. The van der Waals surface area contributed by atoms with E-state index in [0.29, 0.717) is 6.42 Å². The summed E-state index contributed by atoms with van der Waals surface area (Å²) in [5.74, 6) is -0.766. The van der Waals surface area contributed by atoms with E-state index in [1.54, 1.807) is 0 Å². The number of rotatable bonds is 12. The first-order valence-corrected chi connectivity index (χ1v) is 8.33. The molecule has 0 aliphatic heterocycles. The Kier molecular flexibility index (Phi) is 15.8. The molecule has 0 amide bonds. The molecule has 0 unspecified atom stereocenters. The summed E-state index contributed by atoms with van der Waals surface area (Å²) >= 11 is 0. The van der Waals surface area contributed by atoms with Gasteiger partial charge in [-0.25, -0.2) is 0 Å². The van der Waals surface area contributed by atoms with Crippen molar-refractivity contribution in [3.63, 3.8) is 0 Å². The predicted molar refractivity (Wildman–Crippen MR) is 75.9 cm³/mol. The molecule has 0 aliphatic carbocycles. The molecule has 0 aromatic heterocycles. The third-order valence-electron chi connectivity index (χ3n) is 2.69. The van der Waals surface area contributed by atoms with Crippen molar-refractivity contribution in [1.82, 2.24) is 0 Å². The summed E-state index contributed by atoms with van der Waals surface area (Å²) in [4.78, 5) is 3.58. The van der Waals surface area contributed by atoms with Gasteiger partial charge in [0.05, 0.1) is 12.3 Å². The monoisotopic (exact) mass is 313 g/mol. The largest absolute Gasteiger partial charge is 1.00 e. The van der Waals surface area contributed by atoms with E-state index in [9.17, 15) is 13.5 Å². The second-order valence-corrected chi connectivity index (χ2v) is 6.08. The molecular formula is C13H24NNaO4S. The quantitative estimate of drug-likeness (QED) is 0.124. The molecule has 0 aliphatic rings. The van der Waals surface area contributed by atoms with E-state index in [2.05, 4.69) is 11.6 Å². The van der Waals surface area contributed by atoms with Crippen molar-refractivity contribution in [2.45, 2.75) is 51.4 Å². The Balaban J connectivity index is 0. The molecule has 0 aromatic rings. The predicted octanol–water partition coefficient (Wildman–Crippen LogP) is -1.06. The maximum atomic E-state index is 11.2. The van der Waals surface area contributed by atoms with Crippen LogP contribution >= 0.6 is 0 Å². The van der Waals surface area contributed by atoms with Gasteiger partial charge in [0.1, 0.15) is 0 Å². The number of nitrogens with zero attached hydrogens (tertiary/aromatic N) is 1. The van der Waals surface area contributed by atoms with Crippen molar-refractivity contribution in [1.29, 1.82) is 0 Å². The Labute approximate surface area is 144 Å². The third kappa shape index (κ3) is 18.1. The van der Waals surface area contributed by atoms with Crippen LogP contribution in [0.2, 0.25) is 0 Å². The van der Waals surface area contributed by atoms with Gasteiger partial charge in [-0.2, -0.15) is 8.42 Å². The molecule has 5 nitrogen and oxygen atoms in total. The van der Waals surface area contributed by atoms with Gasteiger partial charge >= 0.3 is 29.6 Å². The zero-order valence-electron chi connectivity index (χ0n) is 12.4. The van der Waals surface area contributed by atoms with Crippen LogP contribution in [-0.4, -0.2) is 31.2 Å². The molecule has 0 spiro atoms. The van der Waals surface area contributed by atoms with Crippen molar-refractivity contribution in [2.24, 2.45) is 4.99 Å². The molecule has 0 bridgehead atoms. The van der Waals surface area contributed by atoms with Crippen molar-refractivity contribution in [3.05, 3.63) is 12.7 Å². The zero-order chi connectivity index (χ0) is 14.6. The number of hydrogen-bond donors (Lipinski definition) is 1. The molecule has 112 valence electrons. The molecule has 0 aromatic carbocycles. The van der Waals surface area contributed by atoms with Gasteiger partial charge in [-0.15, -0.1) is 6.58 Å². The molecule has 0 saturated heterocycles. The van der Waals surface area contributed by atoms with Gasteiger partial charge in [0.15, 0.2) is 0 Å². The summed E-state index contributed by atoms with van der Waals surface area (Å²) in [6, 6.07) is 0. The van der Waals surface area contributed by atoms with Gasteiger partial charge in [-0.3, -0.25) is 4.55 Å². The normalized spacial score (nSPS) is 11.9. The van der Waals surface area contributed by atoms with Crippen LogP contribution in [0.15, 0.2) is 17.6 Å². The molecular weight excluding hydrogens is 289 g/mol. The maximum Gasteiger partial charge on any atom is 1.00 e. The zero-order valence-corrected chi connectivity index (χ0v) is 15.2. The first-order valence-electron chi connectivity index (χ1n) is 6.72. The van der Waals surface area contributed by atoms with E-state index < -0.39 is 15.9 Å². The Morgan fingerprint density at radius 3 is 2.25 bits per heavy atom. The summed E-state index contributed by atoms with van der Waals surface area (Å²) in [6.45, 7) is 3.51. The van der Waals surface area contributed by atoms with E-state index in [4.69, 9.17) is 4.55 Å². The minimum atomic E-state index is -4.01. The minimum Gasteiger partial charge on any atom is -0.862 e. The topological polar surface area (TPSA) is 89.8 Å². The molecule has 1 N–H and O–H groups in total. The van der Waals surface area contributed by atoms with Crippen LogP contribution in [0.3, 0.4) is 0 Å². The average Bonchev–Trinajstić information content (AvgIpc) is 2.31. The van der Waals surface area contributed by atoms with Crippen LogP contribution in [0.5, 0.6) is 0 Å². The number of aliphatic imine (C=N–C) groups is 1. The molecule has 0 atom stereocenters. The van der Waals surface area contributed by atoms with Crippen LogP contribution in [0, 0.1) is 0 Å². The van der Waals surface area contributed by atoms with Gasteiger partial charge in [0.25, 0.3) is 10.1 Å². The molecule has 0 radical (unpaired) electrons. The minimum absolute atomic E-state index is 0. The van der Waals surface area contributed by atoms with Gasteiger partial charge < -0.3 is 10.1 Å². The van der Waals surface area contributed by atoms with Crippen molar-refractivity contribution in [2.75, 3.05) is 12.3 Å². The van der Waals surface area contributed by atoms with Gasteiger partial charge in [-0.05, 0) is 31.6 Å². The molecule has 0 fully saturated rings.